The molecule has 0 amide bonds. The molecule has 0 spiro atoms. The lowest BCUT2D eigenvalue weighted by Gasteiger charge is -2.09. The molecule has 2 aromatic rings. The van der Waals surface area contributed by atoms with Gasteiger partial charge in [0.1, 0.15) is 0 Å². The average molecular weight is 301 g/mol. The molecule has 1 N–H and O–H groups in total. The number of hydrogen-bond donors (Lipinski definition) is 1. The standard InChI is InChI=1S/C16H19N3O3/c1-10-3-5-11(6-4-10)14-18-16(22-19-14)17-13-8-7-12(9-13)15(20)21-2/h3-6,12-13H,7-9H2,1-2H3,(H,17,18,19)/t12-,13+/m0/s1. The SMILES string of the molecule is COC(=O)[C@H]1CC[C@@H](Nc2nc(-c3ccc(C)cc3)no2)C1. The van der Waals surface area contributed by atoms with Crippen LogP contribution in [0.4, 0.5) is 6.01 Å². The molecule has 1 aromatic heterocycles. The smallest absolute Gasteiger partial charge is 0.322 e. The predicted octanol–water partition coefficient (Wildman–Crippen LogP) is 2.80. The number of nitrogens with zero attached hydrogens (tertiary/aromatic N) is 2. The molecule has 0 bridgehead atoms. The molecule has 0 saturated heterocycles. The van der Waals surface area contributed by atoms with Crippen LogP contribution < -0.4 is 5.32 Å². The Bertz CT molecular complexity index is 651. The second-order valence-corrected chi connectivity index (χ2v) is 5.66. The van der Waals surface area contributed by atoms with Crippen LogP contribution in [-0.2, 0) is 9.53 Å². The Labute approximate surface area is 128 Å². The van der Waals surface area contributed by atoms with Crippen LogP contribution in [0.2, 0.25) is 0 Å². The summed E-state index contributed by atoms with van der Waals surface area (Å²) in [7, 11) is 1.43. The molecule has 1 saturated carbocycles. The average Bonchev–Trinajstić information content (AvgIpc) is 3.17. The van der Waals surface area contributed by atoms with Gasteiger partial charge in [0.15, 0.2) is 0 Å². The number of carbonyl (C=O) groups excluding carboxylic acids is 1. The number of methoxy groups -OCH3 is 1. The zero-order chi connectivity index (χ0) is 15.5. The fraction of sp³-hybridized carbons (Fsp3) is 0.438. The first-order chi connectivity index (χ1) is 10.7. The summed E-state index contributed by atoms with van der Waals surface area (Å²) in [5, 5.41) is 7.19. The third-order valence-electron chi connectivity index (χ3n) is 4.03. The lowest BCUT2D eigenvalue weighted by Crippen LogP contribution is -2.18. The molecular weight excluding hydrogens is 282 g/mol. The van der Waals surface area contributed by atoms with Crippen molar-refractivity contribution in [2.24, 2.45) is 5.92 Å². The molecule has 116 valence electrons. The van der Waals surface area contributed by atoms with E-state index in [1.54, 1.807) is 0 Å². The van der Waals surface area contributed by atoms with Gasteiger partial charge in [-0.15, -0.1) is 0 Å². The van der Waals surface area contributed by atoms with Crippen LogP contribution in [0.1, 0.15) is 24.8 Å². The minimum absolute atomic E-state index is 0.0398. The first-order valence-corrected chi connectivity index (χ1v) is 7.41. The maximum Gasteiger partial charge on any atom is 0.322 e. The van der Waals surface area contributed by atoms with E-state index >= 15 is 0 Å². The Hall–Kier alpha value is -2.37. The highest BCUT2D eigenvalue weighted by Crippen LogP contribution is 2.29. The van der Waals surface area contributed by atoms with E-state index in [1.807, 2.05) is 31.2 Å². The molecule has 22 heavy (non-hydrogen) atoms. The Kier molecular flexibility index (Phi) is 4.09. The normalized spacial score (nSPS) is 20.8. The Balaban J connectivity index is 1.63. The quantitative estimate of drug-likeness (QED) is 0.875. The van der Waals surface area contributed by atoms with E-state index < -0.39 is 0 Å². The molecule has 0 aliphatic heterocycles. The summed E-state index contributed by atoms with van der Waals surface area (Å²) in [6.07, 6.45) is 2.44. The Morgan fingerprint density at radius 3 is 2.82 bits per heavy atom. The highest BCUT2D eigenvalue weighted by Gasteiger charge is 2.31. The molecule has 1 fully saturated rings. The first-order valence-electron chi connectivity index (χ1n) is 7.41. The third-order valence-corrected chi connectivity index (χ3v) is 4.03. The molecule has 0 radical (unpaired) electrons. The van der Waals surface area contributed by atoms with Crippen molar-refractivity contribution in [1.29, 1.82) is 0 Å². The minimum atomic E-state index is -0.143. The van der Waals surface area contributed by atoms with Crippen LogP contribution in [0.15, 0.2) is 28.8 Å². The summed E-state index contributed by atoms with van der Waals surface area (Å²) in [6.45, 7) is 2.03. The van der Waals surface area contributed by atoms with Crippen LogP contribution in [0.5, 0.6) is 0 Å². The minimum Gasteiger partial charge on any atom is -0.469 e. The summed E-state index contributed by atoms with van der Waals surface area (Å²) in [5.41, 5.74) is 2.10. The summed E-state index contributed by atoms with van der Waals surface area (Å²) < 4.78 is 10.0. The van der Waals surface area contributed by atoms with Crippen molar-refractivity contribution in [3.05, 3.63) is 29.8 Å². The van der Waals surface area contributed by atoms with E-state index in [1.165, 1.54) is 12.7 Å². The number of aryl methyl sites for hydroxylation is 1. The number of carbonyl (C=O) groups is 1. The molecule has 3 rings (SSSR count). The van der Waals surface area contributed by atoms with Gasteiger partial charge in [0.25, 0.3) is 0 Å². The number of benzene rings is 1. The summed E-state index contributed by atoms with van der Waals surface area (Å²) >= 11 is 0. The van der Waals surface area contributed by atoms with Crippen LogP contribution in [0, 0.1) is 12.8 Å². The monoisotopic (exact) mass is 301 g/mol. The topological polar surface area (TPSA) is 77.2 Å². The van der Waals surface area contributed by atoms with Crippen molar-refractivity contribution in [3.63, 3.8) is 0 Å². The van der Waals surface area contributed by atoms with Gasteiger partial charge >= 0.3 is 12.0 Å². The number of ether oxygens (including phenoxy) is 1. The zero-order valence-electron chi connectivity index (χ0n) is 12.7. The number of esters is 1. The van der Waals surface area contributed by atoms with Crippen LogP contribution in [-0.4, -0.2) is 29.3 Å². The van der Waals surface area contributed by atoms with E-state index in [4.69, 9.17) is 9.26 Å². The highest BCUT2D eigenvalue weighted by molar-refractivity contribution is 5.72. The van der Waals surface area contributed by atoms with Crippen LogP contribution in [0.25, 0.3) is 11.4 Å². The molecule has 2 atom stereocenters. The molecule has 1 heterocycles. The first kappa shape index (κ1) is 14.6. The van der Waals surface area contributed by atoms with Crippen molar-refractivity contribution in [2.75, 3.05) is 12.4 Å². The summed E-state index contributed by atoms with van der Waals surface area (Å²) in [6, 6.07) is 8.51. The second kappa shape index (κ2) is 6.17. The largest absolute Gasteiger partial charge is 0.469 e. The zero-order valence-corrected chi connectivity index (χ0v) is 12.7. The van der Waals surface area contributed by atoms with Gasteiger partial charge < -0.3 is 14.6 Å². The number of hydrogen-bond acceptors (Lipinski definition) is 6. The van der Waals surface area contributed by atoms with Crippen LogP contribution >= 0.6 is 0 Å². The molecular formula is C16H19N3O3. The van der Waals surface area contributed by atoms with Gasteiger partial charge in [-0.25, -0.2) is 0 Å². The molecule has 1 aliphatic carbocycles. The van der Waals surface area contributed by atoms with Gasteiger partial charge in [-0.05, 0) is 26.2 Å². The van der Waals surface area contributed by atoms with Crippen molar-refractivity contribution < 1.29 is 14.1 Å². The maximum atomic E-state index is 11.5. The van der Waals surface area contributed by atoms with E-state index in [0.717, 1.165) is 24.8 Å². The number of rotatable bonds is 4. The van der Waals surface area contributed by atoms with Crippen molar-refractivity contribution in [1.82, 2.24) is 10.1 Å². The summed E-state index contributed by atoms with van der Waals surface area (Å²) in [5.74, 6) is 0.377. The lowest BCUT2D eigenvalue weighted by atomic mass is 10.1. The van der Waals surface area contributed by atoms with Crippen molar-refractivity contribution >= 4 is 12.0 Å². The lowest BCUT2D eigenvalue weighted by molar-refractivity contribution is -0.145. The molecule has 1 aliphatic rings. The second-order valence-electron chi connectivity index (χ2n) is 5.66. The maximum absolute atomic E-state index is 11.5. The fourth-order valence-corrected chi connectivity index (χ4v) is 2.77. The van der Waals surface area contributed by atoms with Crippen molar-refractivity contribution in [3.8, 4) is 11.4 Å². The Morgan fingerprint density at radius 1 is 1.32 bits per heavy atom. The number of aromatic nitrogens is 2. The van der Waals surface area contributed by atoms with Gasteiger partial charge in [-0.1, -0.05) is 35.0 Å². The van der Waals surface area contributed by atoms with Crippen LogP contribution in [0.3, 0.4) is 0 Å². The molecule has 6 heteroatoms. The van der Waals surface area contributed by atoms with Gasteiger partial charge in [0.2, 0.25) is 5.82 Å². The van der Waals surface area contributed by atoms with E-state index in [9.17, 15) is 4.79 Å². The number of nitrogens with one attached hydrogen (secondary N) is 1. The van der Waals surface area contributed by atoms with Gasteiger partial charge in [0.05, 0.1) is 13.0 Å². The van der Waals surface area contributed by atoms with Gasteiger partial charge in [-0.2, -0.15) is 4.98 Å². The third kappa shape index (κ3) is 3.10. The van der Waals surface area contributed by atoms with E-state index in [2.05, 4.69) is 15.5 Å². The van der Waals surface area contributed by atoms with E-state index in [0.29, 0.717) is 11.8 Å². The van der Waals surface area contributed by atoms with E-state index in [-0.39, 0.29) is 17.9 Å². The fourth-order valence-electron chi connectivity index (χ4n) is 2.77. The highest BCUT2D eigenvalue weighted by atomic mass is 16.5. The molecule has 6 nitrogen and oxygen atoms in total. The molecule has 1 aromatic carbocycles. The van der Waals surface area contributed by atoms with Gasteiger partial charge in [0, 0.05) is 11.6 Å². The van der Waals surface area contributed by atoms with Crippen molar-refractivity contribution in [2.45, 2.75) is 32.2 Å². The summed E-state index contributed by atoms with van der Waals surface area (Å²) in [4.78, 5) is 15.9. The van der Waals surface area contributed by atoms with Gasteiger partial charge in [-0.3, -0.25) is 4.79 Å². The predicted molar refractivity (Wildman–Crippen MR) is 81.2 cm³/mol. The Morgan fingerprint density at radius 2 is 2.09 bits per heavy atom. The molecule has 0 unspecified atom stereocenters. The number of anilines is 1.